The molecule has 2 nitrogen and oxygen atoms in total. The van der Waals surface area contributed by atoms with Crippen LogP contribution in [-0.4, -0.2) is 18.5 Å². The van der Waals surface area contributed by atoms with Crippen LogP contribution in [0.1, 0.15) is 19.8 Å². The minimum Gasteiger partial charge on any atom is -0.368 e. The van der Waals surface area contributed by atoms with E-state index in [4.69, 9.17) is 4.74 Å². The minimum absolute atomic E-state index is 0.192. The van der Waals surface area contributed by atoms with Gasteiger partial charge >= 0.3 is 0 Å². The van der Waals surface area contributed by atoms with Crippen LogP contribution in [0.25, 0.3) is 0 Å². The number of rotatable bonds is 3. The van der Waals surface area contributed by atoms with E-state index in [0.717, 1.165) is 19.1 Å². The van der Waals surface area contributed by atoms with Crippen LogP contribution in [0.3, 0.4) is 0 Å². The van der Waals surface area contributed by atoms with Crippen molar-refractivity contribution in [3.8, 4) is 0 Å². The van der Waals surface area contributed by atoms with E-state index in [1.165, 1.54) is 0 Å². The molecule has 0 aromatic heterocycles. The number of hydrogen-bond donors (Lipinski definition) is 0. The molecule has 46 valence electrons. The summed E-state index contributed by atoms with van der Waals surface area (Å²) in [4.78, 5) is 9.94. The smallest absolute Gasteiger partial charge is 0.148 e. The standard InChI is InChI=1S/C6H10O2/c1-5(4-7)8-6-2-3-6/h4-6H,2-3H2,1H3/t5-/m1/s1. The molecule has 0 unspecified atom stereocenters. The van der Waals surface area contributed by atoms with Gasteiger partial charge in [0.25, 0.3) is 0 Å². The van der Waals surface area contributed by atoms with Gasteiger partial charge in [0.1, 0.15) is 12.4 Å². The number of ether oxygens (including phenoxy) is 1. The number of hydrogen-bond acceptors (Lipinski definition) is 2. The second-order valence-electron chi connectivity index (χ2n) is 2.18. The zero-order chi connectivity index (χ0) is 5.98. The van der Waals surface area contributed by atoms with Crippen molar-refractivity contribution in [1.29, 1.82) is 0 Å². The van der Waals surface area contributed by atoms with Crippen molar-refractivity contribution in [3.05, 3.63) is 0 Å². The van der Waals surface area contributed by atoms with Gasteiger partial charge in [-0.25, -0.2) is 0 Å². The highest BCUT2D eigenvalue weighted by molar-refractivity contribution is 5.55. The Hall–Kier alpha value is -0.370. The van der Waals surface area contributed by atoms with Gasteiger partial charge in [0.15, 0.2) is 0 Å². The third kappa shape index (κ3) is 1.62. The van der Waals surface area contributed by atoms with Gasteiger partial charge in [0, 0.05) is 0 Å². The fourth-order valence-corrected chi connectivity index (χ4v) is 0.540. The van der Waals surface area contributed by atoms with Crippen LogP contribution in [0.5, 0.6) is 0 Å². The van der Waals surface area contributed by atoms with Crippen molar-refractivity contribution in [3.63, 3.8) is 0 Å². The average Bonchev–Trinajstić information content (AvgIpc) is 2.50. The van der Waals surface area contributed by atoms with E-state index < -0.39 is 0 Å². The van der Waals surface area contributed by atoms with Gasteiger partial charge < -0.3 is 9.53 Å². The van der Waals surface area contributed by atoms with Crippen LogP contribution in [0.4, 0.5) is 0 Å². The molecule has 0 heterocycles. The summed E-state index contributed by atoms with van der Waals surface area (Å²) in [6.07, 6.45) is 3.31. The van der Waals surface area contributed by atoms with Gasteiger partial charge in [-0.15, -0.1) is 0 Å². The predicted molar refractivity (Wildman–Crippen MR) is 29.6 cm³/mol. The Morgan fingerprint density at radius 3 is 2.75 bits per heavy atom. The fraction of sp³-hybridized carbons (Fsp3) is 0.833. The molecule has 1 aliphatic carbocycles. The molecule has 0 N–H and O–H groups in total. The summed E-state index contributed by atoms with van der Waals surface area (Å²) in [7, 11) is 0. The van der Waals surface area contributed by atoms with Crippen LogP contribution < -0.4 is 0 Å². The minimum atomic E-state index is -0.192. The molecule has 0 radical (unpaired) electrons. The van der Waals surface area contributed by atoms with Crippen LogP contribution in [0, 0.1) is 0 Å². The molecule has 8 heavy (non-hydrogen) atoms. The maximum atomic E-state index is 9.94. The Labute approximate surface area is 48.8 Å². The third-order valence-corrected chi connectivity index (χ3v) is 1.12. The molecule has 0 bridgehead atoms. The SMILES string of the molecule is C[C@H](C=O)OC1CC1. The molecule has 0 aromatic carbocycles. The normalized spacial score (nSPS) is 22.6. The molecule has 1 aliphatic rings. The zero-order valence-corrected chi connectivity index (χ0v) is 4.96. The monoisotopic (exact) mass is 114 g/mol. The predicted octanol–water partition coefficient (Wildman–Crippen LogP) is 0.753. The molecule has 0 spiro atoms. The molecule has 1 fully saturated rings. The van der Waals surface area contributed by atoms with E-state index in [-0.39, 0.29) is 6.10 Å². The molecule has 1 rings (SSSR count). The Bertz CT molecular complexity index is 86.5. The zero-order valence-electron chi connectivity index (χ0n) is 4.96. The van der Waals surface area contributed by atoms with Crippen LogP contribution in [0.2, 0.25) is 0 Å². The van der Waals surface area contributed by atoms with Crippen molar-refractivity contribution >= 4 is 6.29 Å². The highest BCUT2D eigenvalue weighted by Gasteiger charge is 2.23. The van der Waals surface area contributed by atoms with Crippen LogP contribution >= 0.6 is 0 Å². The summed E-state index contributed by atoms with van der Waals surface area (Å²) in [5.41, 5.74) is 0. The summed E-state index contributed by atoms with van der Waals surface area (Å²) in [5, 5.41) is 0. The number of carbonyl (C=O) groups excluding carboxylic acids is 1. The number of carbonyl (C=O) groups is 1. The van der Waals surface area contributed by atoms with Crippen molar-refractivity contribution in [2.45, 2.75) is 32.0 Å². The summed E-state index contributed by atoms with van der Waals surface area (Å²) in [5.74, 6) is 0. The average molecular weight is 114 g/mol. The first-order chi connectivity index (χ1) is 3.83. The molecule has 1 saturated carbocycles. The van der Waals surface area contributed by atoms with Gasteiger partial charge in [0.2, 0.25) is 0 Å². The van der Waals surface area contributed by atoms with Crippen molar-refractivity contribution < 1.29 is 9.53 Å². The highest BCUT2D eigenvalue weighted by Crippen LogP contribution is 2.24. The van der Waals surface area contributed by atoms with Crippen molar-refractivity contribution in [2.24, 2.45) is 0 Å². The first-order valence-corrected chi connectivity index (χ1v) is 2.93. The fourth-order valence-electron chi connectivity index (χ4n) is 0.540. The summed E-state index contributed by atoms with van der Waals surface area (Å²) >= 11 is 0. The van der Waals surface area contributed by atoms with Gasteiger partial charge in [-0.1, -0.05) is 0 Å². The largest absolute Gasteiger partial charge is 0.368 e. The summed E-state index contributed by atoms with van der Waals surface area (Å²) in [6, 6.07) is 0. The molecule has 0 aliphatic heterocycles. The van der Waals surface area contributed by atoms with E-state index in [1.54, 1.807) is 6.92 Å². The molecular weight excluding hydrogens is 104 g/mol. The molecule has 0 amide bonds. The molecule has 0 aromatic rings. The lowest BCUT2D eigenvalue weighted by Crippen LogP contribution is -2.10. The van der Waals surface area contributed by atoms with Gasteiger partial charge in [-0.05, 0) is 19.8 Å². The molecular formula is C6H10O2. The number of aldehydes is 1. The molecule has 2 heteroatoms. The second kappa shape index (κ2) is 2.27. The third-order valence-electron chi connectivity index (χ3n) is 1.12. The lowest BCUT2D eigenvalue weighted by molar-refractivity contribution is -0.117. The van der Waals surface area contributed by atoms with Gasteiger partial charge in [0.05, 0.1) is 6.10 Å². The summed E-state index contributed by atoms with van der Waals surface area (Å²) < 4.78 is 5.14. The maximum absolute atomic E-state index is 9.94. The quantitative estimate of drug-likeness (QED) is 0.506. The Morgan fingerprint density at radius 2 is 2.38 bits per heavy atom. The van der Waals surface area contributed by atoms with Gasteiger partial charge in [-0.3, -0.25) is 0 Å². The lowest BCUT2D eigenvalue weighted by atomic mass is 10.5. The van der Waals surface area contributed by atoms with Crippen LogP contribution in [0.15, 0.2) is 0 Å². The van der Waals surface area contributed by atoms with Crippen molar-refractivity contribution in [1.82, 2.24) is 0 Å². The van der Waals surface area contributed by atoms with E-state index in [9.17, 15) is 4.79 Å². The Morgan fingerprint density at radius 1 is 1.75 bits per heavy atom. The van der Waals surface area contributed by atoms with E-state index >= 15 is 0 Å². The van der Waals surface area contributed by atoms with Crippen LogP contribution in [-0.2, 0) is 9.53 Å². The lowest BCUT2D eigenvalue weighted by Gasteiger charge is -2.01. The Kier molecular flexibility index (Phi) is 1.63. The van der Waals surface area contributed by atoms with E-state index in [0.29, 0.717) is 6.10 Å². The molecule has 1 atom stereocenters. The van der Waals surface area contributed by atoms with E-state index in [2.05, 4.69) is 0 Å². The molecule has 0 saturated heterocycles. The van der Waals surface area contributed by atoms with Gasteiger partial charge in [-0.2, -0.15) is 0 Å². The summed E-state index contributed by atoms with van der Waals surface area (Å²) in [6.45, 7) is 1.77. The second-order valence-corrected chi connectivity index (χ2v) is 2.18. The first kappa shape index (κ1) is 5.76. The Balaban J connectivity index is 2.06. The van der Waals surface area contributed by atoms with E-state index in [1.807, 2.05) is 0 Å². The highest BCUT2D eigenvalue weighted by atomic mass is 16.5. The van der Waals surface area contributed by atoms with Crippen molar-refractivity contribution in [2.75, 3.05) is 0 Å². The first-order valence-electron chi connectivity index (χ1n) is 2.93. The topological polar surface area (TPSA) is 26.3 Å². The maximum Gasteiger partial charge on any atom is 0.148 e.